The van der Waals surface area contributed by atoms with Gasteiger partial charge in [-0.25, -0.2) is 14.4 Å². The summed E-state index contributed by atoms with van der Waals surface area (Å²) in [6, 6.07) is 12.4. The SMILES string of the molecule is COC(=O)c1cc2cc(/C=C/C(=O)OC(C)(C)C)c(OCc3ccccc3)c(OC)c2c(=O)o1. The monoisotopic (exact) mass is 466 g/mol. The van der Waals surface area contributed by atoms with Gasteiger partial charge in [0.25, 0.3) is 0 Å². The van der Waals surface area contributed by atoms with Gasteiger partial charge in [0.15, 0.2) is 11.5 Å². The molecular formula is C26H26O8. The lowest BCUT2D eigenvalue weighted by molar-refractivity contribution is -0.148. The van der Waals surface area contributed by atoms with Crippen molar-refractivity contribution in [3.05, 3.63) is 75.8 Å². The molecule has 1 heterocycles. The first kappa shape index (κ1) is 24.6. The van der Waals surface area contributed by atoms with E-state index in [1.54, 1.807) is 26.8 Å². The number of methoxy groups -OCH3 is 2. The Morgan fingerprint density at radius 2 is 1.74 bits per heavy atom. The second-order valence-corrected chi connectivity index (χ2v) is 8.32. The Kier molecular flexibility index (Phi) is 7.40. The molecule has 34 heavy (non-hydrogen) atoms. The van der Waals surface area contributed by atoms with E-state index in [1.165, 1.54) is 32.4 Å². The van der Waals surface area contributed by atoms with Crippen molar-refractivity contribution in [3.8, 4) is 11.5 Å². The minimum Gasteiger partial charge on any atom is -0.492 e. The number of hydrogen-bond acceptors (Lipinski definition) is 8. The quantitative estimate of drug-likeness (QED) is 0.370. The van der Waals surface area contributed by atoms with Crippen molar-refractivity contribution in [2.75, 3.05) is 14.2 Å². The van der Waals surface area contributed by atoms with Gasteiger partial charge in [0.1, 0.15) is 17.6 Å². The topological polar surface area (TPSA) is 101 Å². The molecule has 0 bridgehead atoms. The van der Waals surface area contributed by atoms with E-state index < -0.39 is 23.2 Å². The fourth-order valence-corrected chi connectivity index (χ4v) is 3.22. The highest BCUT2D eigenvalue weighted by Crippen LogP contribution is 2.39. The fourth-order valence-electron chi connectivity index (χ4n) is 3.22. The number of esters is 2. The Morgan fingerprint density at radius 3 is 2.35 bits per heavy atom. The third-order valence-corrected chi connectivity index (χ3v) is 4.61. The molecule has 0 saturated heterocycles. The van der Waals surface area contributed by atoms with Gasteiger partial charge in [0.05, 0.1) is 14.2 Å². The fraction of sp³-hybridized carbons (Fsp3) is 0.269. The normalized spacial score (nSPS) is 11.4. The summed E-state index contributed by atoms with van der Waals surface area (Å²) in [6.45, 7) is 5.47. The van der Waals surface area contributed by atoms with Crippen LogP contribution >= 0.6 is 0 Å². The molecule has 178 valence electrons. The molecule has 0 aliphatic heterocycles. The zero-order valence-corrected chi connectivity index (χ0v) is 19.7. The van der Waals surface area contributed by atoms with Crippen LogP contribution in [0.2, 0.25) is 0 Å². The van der Waals surface area contributed by atoms with Gasteiger partial charge in [-0.15, -0.1) is 0 Å². The number of fused-ring (bicyclic) bond motifs is 1. The minimum atomic E-state index is -0.798. The van der Waals surface area contributed by atoms with Gasteiger partial charge < -0.3 is 23.4 Å². The maximum absolute atomic E-state index is 12.8. The van der Waals surface area contributed by atoms with Gasteiger partial charge >= 0.3 is 17.6 Å². The van der Waals surface area contributed by atoms with E-state index in [9.17, 15) is 14.4 Å². The number of rotatable bonds is 7. The number of carbonyl (C=O) groups excluding carboxylic acids is 2. The van der Waals surface area contributed by atoms with Crippen LogP contribution in [0.15, 0.2) is 57.8 Å². The van der Waals surface area contributed by atoms with Crippen molar-refractivity contribution in [3.63, 3.8) is 0 Å². The average molecular weight is 466 g/mol. The van der Waals surface area contributed by atoms with Gasteiger partial charge in [0.2, 0.25) is 5.76 Å². The minimum absolute atomic E-state index is 0.0904. The molecule has 0 radical (unpaired) electrons. The first-order valence-corrected chi connectivity index (χ1v) is 10.5. The standard InChI is InChI=1S/C26H26O8/c1-26(2,3)34-20(27)12-11-17-13-18-14-19(24(28)31-5)33-25(29)21(18)23(30-4)22(17)32-15-16-9-7-6-8-10-16/h6-14H,15H2,1-5H3/b12-11+. The van der Waals surface area contributed by atoms with Crippen LogP contribution in [0.1, 0.15) is 42.5 Å². The predicted molar refractivity (Wildman–Crippen MR) is 126 cm³/mol. The van der Waals surface area contributed by atoms with Crippen molar-refractivity contribution in [1.82, 2.24) is 0 Å². The Morgan fingerprint density at radius 1 is 1.03 bits per heavy atom. The highest BCUT2D eigenvalue weighted by Gasteiger charge is 2.22. The van der Waals surface area contributed by atoms with Crippen LogP contribution in [0, 0.1) is 0 Å². The number of hydrogen-bond donors (Lipinski definition) is 0. The van der Waals surface area contributed by atoms with Crippen molar-refractivity contribution < 1.29 is 33.0 Å². The van der Waals surface area contributed by atoms with Crippen LogP contribution in [-0.2, 0) is 20.9 Å². The molecule has 0 N–H and O–H groups in total. The maximum atomic E-state index is 12.8. The van der Waals surface area contributed by atoms with Crippen LogP contribution in [0.3, 0.4) is 0 Å². The molecule has 0 aliphatic carbocycles. The summed E-state index contributed by atoms with van der Waals surface area (Å²) in [5.41, 5.74) is -0.127. The van der Waals surface area contributed by atoms with Crippen molar-refractivity contribution in [2.45, 2.75) is 33.0 Å². The van der Waals surface area contributed by atoms with E-state index in [4.69, 9.17) is 18.6 Å². The second kappa shape index (κ2) is 10.2. The van der Waals surface area contributed by atoms with Gasteiger partial charge in [-0.3, -0.25) is 0 Å². The Labute approximate surface area is 196 Å². The Bertz CT molecular complexity index is 1280. The molecule has 0 atom stereocenters. The molecule has 0 saturated carbocycles. The molecule has 0 aliphatic rings. The molecule has 0 unspecified atom stereocenters. The third-order valence-electron chi connectivity index (χ3n) is 4.61. The molecule has 3 aromatic rings. The molecule has 0 spiro atoms. The lowest BCUT2D eigenvalue weighted by Gasteiger charge is -2.18. The summed E-state index contributed by atoms with van der Waals surface area (Å²) in [5.74, 6) is -1.27. The van der Waals surface area contributed by atoms with Crippen LogP contribution in [0.5, 0.6) is 11.5 Å². The van der Waals surface area contributed by atoms with Gasteiger partial charge in [-0.05, 0) is 49.9 Å². The smallest absolute Gasteiger partial charge is 0.374 e. The van der Waals surface area contributed by atoms with Gasteiger partial charge in [-0.2, -0.15) is 0 Å². The van der Waals surface area contributed by atoms with Crippen molar-refractivity contribution in [2.24, 2.45) is 0 Å². The second-order valence-electron chi connectivity index (χ2n) is 8.32. The number of carbonyl (C=O) groups is 2. The maximum Gasteiger partial charge on any atom is 0.374 e. The summed E-state index contributed by atoms with van der Waals surface area (Å²) in [6.07, 6.45) is 2.76. The molecule has 2 aromatic carbocycles. The molecule has 0 fully saturated rings. The third kappa shape index (κ3) is 5.83. The summed E-state index contributed by atoms with van der Waals surface area (Å²) in [4.78, 5) is 37.0. The highest BCUT2D eigenvalue weighted by molar-refractivity contribution is 5.98. The summed E-state index contributed by atoms with van der Waals surface area (Å²) in [7, 11) is 2.57. The zero-order chi connectivity index (χ0) is 24.9. The predicted octanol–water partition coefficient (Wildman–Crippen LogP) is 4.52. The van der Waals surface area contributed by atoms with Crippen LogP contribution < -0.4 is 15.1 Å². The molecule has 8 heteroatoms. The van der Waals surface area contributed by atoms with E-state index in [0.717, 1.165) is 5.56 Å². The molecule has 0 amide bonds. The number of benzene rings is 2. The van der Waals surface area contributed by atoms with Gasteiger partial charge in [0, 0.05) is 11.6 Å². The highest BCUT2D eigenvalue weighted by atomic mass is 16.6. The van der Waals surface area contributed by atoms with E-state index in [1.807, 2.05) is 30.3 Å². The average Bonchev–Trinajstić information content (AvgIpc) is 2.79. The van der Waals surface area contributed by atoms with E-state index in [0.29, 0.717) is 10.9 Å². The molecule has 8 nitrogen and oxygen atoms in total. The molecule has 1 aromatic heterocycles. The first-order valence-electron chi connectivity index (χ1n) is 10.5. The van der Waals surface area contributed by atoms with E-state index >= 15 is 0 Å². The first-order chi connectivity index (χ1) is 16.1. The Hall–Kier alpha value is -4.07. The van der Waals surface area contributed by atoms with Crippen molar-refractivity contribution in [1.29, 1.82) is 0 Å². The summed E-state index contributed by atoms with van der Waals surface area (Å²) in [5, 5.41) is 0.442. The van der Waals surface area contributed by atoms with Crippen LogP contribution in [0.25, 0.3) is 16.8 Å². The van der Waals surface area contributed by atoms with E-state index in [2.05, 4.69) is 4.74 Å². The Balaban J connectivity index is 2.16. The lowest BCUT2D eigenvalue weighted by Crippen LogP contribution is -2.22. The molecular weight excluding hydrogens is 440 g/mol. The lowest BCUT2D eigenvalue weighted by atomic mass is 10.0. The number of ether oxygens (including phenoxy) is 4. The largest absolute Gasteiger partial charge is 0.492 e. The zero-order valence-electron chi connectivity index (χ0n) is 19.7. The van der Waals surface area contributed by atoms with E-state index in [-0.39, 0.29) is 29.3 Å². The summed E-state index contributed by atoms with van der Waals surface area (Å²) >= 11 is 0. The van der Waals surface area contributed by atoms with Crippen molar-refractivity contribution >= 4 is 28.8 Å². The van der Waals surface area contributed by atoms with Gasteiger partial charge in [-0.1, -0.05) is 30.3 Å². The van der Waals surface area contributed by atoms with Crippen LogP contribution in [-0.4, -0.2) is 31.8 Å². The molecule has 3 rings (SSSR count). The van der Waals surface area contributed by atoms with Crippen LogP contribution in [0.4, 0.5) is 0 Å². The summed E-state index contributed by atoms with van der Waals surface area (Å²) < 4.78 is 26.7.